The monoisotopic (exact) mass is 408 g/mol. The average Bonchev–Trinajstić information content (AvgIpc) is 2.58. The van der Waals surface area contributed by atoms with E-state index in [1.165, 1.54) is 11.0 Å². The van der Waals surface area contributed by atoms with Crippen LogP contribution < -0.4 is 5.73 Å². The number of halogens is 1. The first-order chi connectivity index (χ1) is 11.9. The van der Waals surface area contributed by atoms with E-state index in [0.29, 0.717) is 13.0 Å². The van der Waals surface area contributed by atoms with E-state index in [-0.39, 0.29) is 0 Å². The second-order valence-electron chi connectivity index (χ2n) is 5.97. The summed E-state index contributed by atoms with van der Waals surface area (Å²) in [7, 11) is 0. The molecule has 0 aliphatic carbocycles. The van der Waals surface area contributed by atoms with Crippen molar-refractivity contribution in [3.05, 3.63) is 39.9 Å². The lowest BCUT2D eigenvalue weighted by atomic mass is 10.0. The van der Waals surface area contributed by atoms with Crippen LogP contribution >= 0.6 is 15.9 Å². The summed E-state index contributed by atoms with van der Waals surface area (Å²) in [5.74, 6) is -1.54. The number of carbonyl (C=O) groups excluding carboxylic acids is 3. The Bertz CT molecular complexity index is 702. The zero-order valence-electron chi connectivity index (χ0n) is 14.0. The van der Waals surface area contributed by atoms with Crippen molar-refractivity contribution in [1.82, 2.24) is 4.90 Å². The molecular formula is C18H21BrN2O4. The minimum Gasteiger partial charge on any atom is -0.452 e. The van der Waals surface area contributed by atoms with E-state index in [1.807, 2.05) is 25.1 Å². The number of likely N-dealkylation sites (tertiary alicyclic amines) is 1. The van der Waals surface area contributed by atoms with Gasteiger partial charge in [0.15, 0.2) is 6.61 Å². The van der Waals surface area contributed by atoms with Gasteiger partial charge in [0.05, 0.1) is 0 Å². The third-order valence-electron chi connectivity index (χ3n) is 4.04. The molecule has 2 N–H and O–H groups in total. The smallest absolute Gasteiger partial charge is 0.331 e. The molecule has 0 saturated carbocycles. The number of amides is 2. The summed E-state index contributed by atoms with van der Waals surface area (Å²) in [6, 6.07) is 5.13. The van der Waals surface area contributed by atoms with Crippen LogP contribution in [0.15, 0.2) is 28.7 Å². The summed E-state index contributed by atoms with van der Waals surface area (Å²) in [6.45, 7) is 2.02. The Hall–Kier alpha value is -2.15. The summed E-state index contributed by atoms with van der Waals surface area (Å²) < 4.78 is 5.85. The fraction of sp³-hybridized carbons (Fsp3) is 0.389. The van der Waals surface area contributed by atoms with E-state index in [0.717, 1.165) is 28.4 Å². The zero-order valence-corrected chi connectivity index (χ0v) is 15.6. The fourth-order valence-electron chi connectivity index (χ4n) is 2.71. The van der Waals surface area contributed by atoms with Gasteiger partial charge >= 0.3 is 5.97 Å². The molecular weight excluding hydrogens is 388 g/mol. The second-order valence-corrected chi connectivity index (χ2v) is 6.82. The van der Waals surface area contributed by atoms with Gasteiger partial charge in [-0.15, -0.1) is 0 Å². The molecule has 134 valence electrons. The molecule has 0 unspecified atom stereocenters. The van der Waals surface area contributed by atoms with Gasteiger partial charge in [0, 0.05) is 17.1 Å². The average molecular weight is 409 g/mol. The minimum atomic E-state index is -0.617. The predicted octanol–water partition coefficient (Wildman–Crippen LogP) is 2.18. The largest absolute Gasteiger partial charge is 0.452 e. The van der Waals surface area contributed by atoms with Crippen LogP contribution in [0.1, 0.15) is 30.4 Å². The minimum absolute atomic E-state index is 0.401. The Labute approximate surface area is 155 Å². The molecule has 0 spiro atoms. The van der Waals surface area contributed by atoms with Gasteiger partial charge in [-0.25, -0.2) is 4.79 Å². The maximum atomic E-state index is 12.2. The van der Waals surface area contributed by atoms with E-state index in [2.05, 4.69) is 15.9 Å². The number of hydrogen-bond acceptors (Lipinski definition) is 4. The Kier molecular flexibility index (Phi) is 6.75. The maximum absolute atomic E-state index is 12.2. The number of primary amides is 1. The van der Waals surface area contributed by atoms with E-state index >= 15 is 0 Å². The Morgan fingerprint density at radius 2 is 2.12 bits per heavy atom. The Balaban J connectivity index is 1.89. The molecule has 0 bridgehead atoms. The summed E-state index contributed by atoms with van der Waals surface area (Å²) in [6.07, 6.45) is 5.10. The Morgan fingerprint density at radius 3 is 2.80 bits per heavy atom. The molecule has 1 aromatic carbocycles. The molecule has 1 saturated heterocycles. The van der Waals surface area contributed by atoms with Crippen LogP contribution in [0.3, 0.4) is 0 Å². The van der Waals surface area contributed by atoms with Crippen molar-refractivity contribution in [2.75, 3.05) is 13.2 Å². The molecule has 1 heterocycles. The van der Waals surface area contributed by atoms with E-state index in [1.54, 1.807) is 6.08 Å². The lowest BCUT2D eigenvalue weighted by Crippen LogP contribution is -2.51. The molecule has 2 amide bonds. The molecule has 2 rings (SSSR count). The number of esters is 1. The summed E-state index contributed by atoms with van der Waals surface area (Å²) >= 11 is 3.42. The van der Waals surface area contributed by atoms with Crippen molar-refractivity contribution >= 4 is 39.8 Å². The lowest BCUT2D eigenvalue weighted by Gasteiger charge is -2.33. The number of hydrogen-bond donors (Lipinski definition) is 1. The van der Waals surface area contributed by atoms with Gasteiger partial charge in [0.25, 0.3) is 5.91 Å². The number of benzene rings is 1. The maximum Gasteiger partial charge on any atom is 0.331 e. The number of nitrogens with two attached hydrogens (primary N) is 1. The topological polar surface area (TPSA) is 89.7 Å². The van der Waals surface area contributed by atoms with Crippen molar-refractivity contribution in [1.29, 1.82) is 0 Å². The van der Waals surface area contributed by atoms with Crippen LogP contribution in [0.4, 0.5) is 0 Å². The molecule has 1 aromatic rings. The molecule has 0 radical (unpaired) electrons. The number of aryl methyl sites for hydroxylation is 1. The zero-order chi connectivity index (χ0) is 18.4. The van der Waals surface area contributed by atoms with E-state index in [4.69, 9.17) is 10.5 Å². The van der Waals surface area contributed by atoms with Crippen LogP contribution in [-0.2, 0) is 19.1 Å². The van der Waals surface area contributed by atoms with Gasteiger partial charge < -0.3 is 15.4 Å². The first-order valence-electron chi connectivity index (χ1n) is 8.08. The van der Waals surface area contributed by atoms with E-state index in [9.17, 15) is 14.4 Å². The standard InChI is InChI=1S/C18H21BrN2O4/c1-12-5-6-13(14(19)10-12)7-8-17(23)25-11-16(22)21-9-3-2-4-15(21)18(20)24/h5-8,10,15H,2-4,9,11H2,1H3,(H2,20,24)/b8-7+/t15-/m1/s1. The summed E-state index contributed by atoms with van der Waals surface area (Å²) in [5.41, 5.74) is 7.26. The van der Waals surface area contributed by atoms with Gasteiger partial charge in [-0.1, -0.05) is 28.1 Å². The van der Waals surface area contributed by atoms with Gasteiger partial charge in [0.1, 0.15) is 6.04 Å². The van der Waals surface area contributed by atoms with Crippen molar-refractivity contribution in [2.24, 2.45) is 5.73 Å². The molecule has 0 aromatic heterocycles. The lowest BCUT2D eigenvalue weighted by molar-refractivity contribution is -0.151. The number of nitrogens with zero attached hydrogens (tertiary/aromatic N) is 1. The van der Waals surface area contributed by atoms with Gasteiger partial charge in [-0.3, -0.25) is 9.59 Å². The first-order valence-corrected chi connectivity index (χ1v) is 8.87. The molecule has 1 atom stereocenters. The second kappa shape index (κ2) is 8.80. The van der Waals surface area contributed by atoms with E-state index < -0.39 is 30.4 Å². The molecule has 1 aliphatic heterocycles. The van der Waals surface area contributed by atoms with Crippen molar-refractivity contribution in [3.8, 4) is 0 Å². The fourth-order valence-corrected chi connectivity index (χ4v) is 3.34. The van der Waals surface area contributed by atoms with Crippen LogP contribution in [-0.4, -0.2) is 41.9 Å². The van der Waals surface area contributed by atoms with Crippen LogP contribution in [0, 0.1) is 6.92 Å². The highest BCUT2D eigenvalue weighted by Gasteiger charge is 2.30. The van der Waals surface area contributed by atoms with Crippen LogP contribution in [0.2, 0.25) is 0 Å². The van der Waals surface area contributed by atoms with Gasteiger partial charge in [-0.05, 0) is 49.5 Å². The number of carbonyl (C=O) groups is 3. The molecule has 25 heavy (non-hydrogen) atoms. The summed E-state index contributed by atoms with van der Waals surface area (Å²) in [5, 5.41) is 0. The van der Waals surface area contributed by atoms with Crippen molar-refractivity contribution < 1.29 is 19.1 Å². The highest BCUT2D eigenvalue weighted by Crippen LogP contribution is 2.20. The molecule has 6 nitrogen and oxygen atoms in total. The SMILES string of the molecule is Cc1ccc(/C=C/C(=O)OCC(=O)N2CCCC[C@@H]2C(N)=O)c(Br)c1. The number of rotatable bonds is 5. The van der Waals surface area contributed by atoms with Crippen LogP contribution in [0.5, 0.6) is 0 Å². The predicted molar refractivity (Wildman–Crippen MR) is 97.4 cm³/mol. The van der Waals surface area contributed by atoms with Gasteiger partial charge in [-0.2, -0.15) is 0 Å². The molecule has 7 heteroatoms. The van der Waals surface area contributed by atoms with Crippen LogP contribution in [0.25, 0.3) is 6.08 Å². The number of piperidine rings is 1. The highest BCUT2D eigenvalue weighted by atomic mass is 79.9. The molecule has 1 aliphatic rings. The highest BCUT2D eigenvalue weighted by molar-refractivity contribution is 9.10. The van der Waals surface area contributed by atoms with Crippen molar-refractivity contribution in [3.63, 3.8) is 0 Å². The Morgan fingerprint density at radius 1 is 1.36 bits per heavy atom. The first kappa shape index (κ1) is 19.2. The van der Waals surface area contributed by atoms with Gasteiger partial charge in [0.2, 0.25) is 5.91 Å². The normalized spacial score (nSPS) is 17.5. The third-order valence-corrected chi connectivity index (χ3v) is 4.73. The van der Waals surface area contributed by atoms with Crippen molar-refractivity contribution in [2.45, 2.75) is 32.2 Å². The summed E-state index contributed by atoms with van der Waals surface area (Å²) in [4.78, 5) is 36.8. The quantitative estimate of drug-likeness (QED) is 0.596. The third kappa shape index (κ3) is 5.42. The molecule has 1 fully saturated rings. The number of ether oxygens (including phenoxy) is 1.